The zero-order valence-electron chi connectivity index (χ0n) is 13.9. The summed E-state index contributed by atoms with van der Waals surface area (Å²) in [5.41, 5.74) is 0. The first-order chi connectivity index (χ1) is 10.7. The molecule has 0 aromatic carbocycles. The number of carbonyl (C=O) groups is 1. The number of hydrogen-bond donors (Lipinski definition) is 0. The molecule has 22 heavy (non-hydrogen) atoms. The fraction of sp³-hybridized carbons (Fsp3) is 0.944. The second-order valence-corrected chi connectivity index (χ2v) is 6.95. The van der Waals surface area contributed by atoms with Gasteiger partial charge in [0, 0.05) is 6.42 Å². The molecule has 2 atom stereocenters. The lowest BCUT2D eigenvalue weighted by Gasteiger charge is -2.31. The molecule has 1 aliphatic carbocycles. The van der Waals surface area contributed by atoms with Gasteiger partial charge < -0.3 is 9.47 Å². The number of carbonyl (C=O) groups excluding carboxylic acids is 1. The number of rotatable bonds is 8. The predicted molar refractivity (Wildman–Crippen MR) is 84.1 cm³/mol. The molecule has 1 heterocycles. The average molecular weight is 314 g/mol. The van der Waals surface area contributed by atoms with E-state index in [2.05, 4.69) is 6.92 Å². The molecule has 1 saturated heterocycles. The van der Waals surface area contributed by atoms with Gasteiger partial charge in [0.25, 0.3) is 0 Å². The standard InChI is InChI=1S/C18H31FO3/c1-2-13-21-17-10-9-16(18(20)22-17)8-7-14-3-5-15(6-4-14)11-12-19/h14-17H,2-13H2,1H3. The lowest BCUT2D eigenvalue weighted by Crippen LogP contribution is -2.33. The Morgan fingerprint density at radius 2 is 1.73 bits per heavy atom. The SMILES string of the molecule is CCCOC1CCC(CCC2CCC(CCF)CC2)C(=O)O1. The van der Waals surface area contributed by atoms with Gasteiger partial charge in [0.2, 0.25) is 6.29 Å². The van der Waals surface area contributed by atoms with Crippen molar-refractivity contribution in [3.63, 3.8) is 0 Å². The van der Waals surface area contributed by atoms with Gasteiger partial charge in [-0.15, -0.1) is 0 Å². The highest BCUT2D eigenvalue weighted by molar-refractivity contribution is 5.73. The lowest BCUT2D eigenvalue weighted by molar-refractivity contribution is -0.196. The van der Waals surface area contributed by atoms with Crippen molar-refractivity contribution in [3.05, 3.63) is 0 Å². The van der Waals surface area contributed by atoms with Crippen molar-refractivity contribution in [3.8, 4) is 0 Å². The van der Waals surface area contributed by atoms with E-state index in [1.807, 2.05) is 0 Å². The highest BCUT2D eigenvalue weighted by Crippen LogP contribution is 2.35. The van der Waals surface area contributed by atoms with Gasteiger partial charge in [-0.3, -0.25) is 9.18 Å². The molecule has 0 spiro atoms. The molecule has 0 amide bonds. The summed E-state index contributed by atoms with van der Waals surface area (Å²) in [5, 5.41) is 0. The Kier molecular flexibility index (Phi) is 7.64. The summed E-state index contributed by atoms with van der Waals surface area (Å²) in [7, 11) is 0. The number of esters is 1. The summed E-state index contributed by atoms with van der Waals surface area (Å²) < 4.78 is 23.2. The normalized spacial score (nSPS) is 32.7. The van der Waals surface area contributed by atoms with Crippen molar-refractivity contribution in [2.75, 3.05) is 13.3 Å². The van der Waals surface area contributed by atoms with Gasteiger partial charge in [0.1, 0.15) is 0 Å². The third-order valence-electron chi connectivity index (χ3n) is 5.25. The highest BCUT2D eigenvalue weighted by Gasteiger charge is 2.31. The molecular formula is C18H31FO3. The van der Waals surface area contributed by atoms with Crippen LogP contribution in [0.15, 0.2) is 0 Å². The van der Waals surface area contributed by atoms with E-state index < -0.39 is 0 Å². The minimum absolute atomic E-state index is 0.0602. The van der Waals surface area contributed by atoms with E-state index in [1.54, 1.807) is 0 Å². The molecule has 2 fully saturated rings. The largest absolute Gasteiger partial charge is 0.436 e. The van der Waals surface area contributed by atoms with Crippen LogP contribution in [0.25, 0.3) is 0 Å². The van der Waals surface area contributed by atoms with Gasteiger partial charge in [0.15, 0.2) is 0 Å². The van der Waals surface area contributed by atoms with Crippen molar-refractivity contribution in [1.29, 1.82) is 0 Å². The van der Waals surface area contributed by atoms with Crippen molar-refractivity contribution in [1.82, 2.24) is 0 Å². The fourth-order valence-corrected chi connectivity index (χ4v) is 3.77. The van der Waals surface area contributed by atoms with Crippen LogP contribution in [0.2, 0.25) is 0 Å². The maximum atomic E-state index is 12.4. The molecule has 1 saturated carbocycles. The van der Waals surface area contributed by atoms with E-state index in [-0.39, 0.29) is 24.9 Å². The minimum atomic E-state index is -0.320. The maximum absolute atomic E-state index is 12.4. The fourth-order valence-electron chi connectivity index (χ4n) is 3.77. The third kappa shape index (κ3) is 5.53. The van der Waals surface area contributed by atoms with E-state index in [4.69, 9.17) is 9.47 Å². The van der Waals surface area contributed by atoms with Crippen LogP contribution in [-0.2, 0) is 14.3 Å². The zero-order chi connectivity index (χ0) is 15.8. The minimum Gasteiger partial charge on any atom is -0.436 e. The van der Waals surface area contributed by atoms with Crippen LogP contribution in [0, 0.1) is 17.8 Å². The summed E-state index contributed by atoms with van der Waals surface area (Å²) in [5.74, 6) is 1.30. The van der Waals surface area contributed by atoms with Crippen LogP contribution < -0.4 is 0 Å². The van der Waals surface area contributed by atoms with Gasteiger partial charge in [-0.2, -0.15) is 0 Å². The first-order valence-corrected chi connectivity index (χ1v) is 9.11. The molecular weight excluding hydrogens is 283 g/mol. The van der Waals surface area contributed by atoms with Gasteiger partial charge >= 0.3 is 5.97 Å². The van der Waals surface area contributed by atoms with Crippen LogP contribution in [0.1, 0.15) is 71.1 Å². The molecule has 3 nitrogen and oxygen atoms in total. The molecule has 128 valence electrons. The number of halogens is 1. The van der Waals surface area contributed by atoms with Gasteiger partial charge in [-0.05, 0) is 43.9 Å². The van der Waals surface area contributed by atoms with E-state index >= 15 is 0 Å². The predicted octanol–water partition coefficient (Wildman–Crippen LogP) is 4.64. The maximum Gasteiger partial charge on any atom is 0.311 e. The molecule has 0 aromatic rings. The van der Waals surface area contributed by atoms with E-state index in [1.165, 1.54) is 12.8 Å². The Balaban J connectivity index is 1.63. The first-order valence-electron chi connectivity index (χ1n) is 9.11. The van der Waals surface area contributed by atoms with Gasteiger partial charge in [-0.25, -0.2) is 0 Å². The van der Waals surface area contributed by atoms with E-state index in [9.17, 15) is 9.18 Å². The lowest BCUT2D eigenvalue weighted by atomic mass is 9.77. The Bertz CT molecular complexity index is 326. The van der Waals surface area contributed by atoms with Crippen molar-refractivity contribution >= 4 is 5.97 Å². The quantitative estimate of drug-likeness (QED) is 0.612. The van der Waals surface area contributed by atoms with Crippen molar-refractivity contribution in [2.45, 2.75) is 77.4 Å². The van der Waals surface area contributed by atoms with Gasteiger partial charge in [-0.1, -0.05) is 32.6 Å². The van der Waals surface area contributed by atoms with Crippen LogP contribution in [0.5, 0.6) is 0 Å². The zero-order valence-corrected chi connectivity index (χ0v) is 13.9. The van der Waals surface area contributed by atoms with Crippen LogP contribution >= 0.6 is 0 Å². The van der Waals surface area contributed by atoms with Crippen LogP contribution in [0.4, 0.5) is 4.39 Å². The van der Waals surface area contributed by atoms with Crippen LogP contribution in [0.3, 0.4) is 0 Å². The van der Waals surface area contributed by atoms with E-state index in [0.29, 0.717) is 12.5 Å². The summed E-state index contributed by atoms with van der Waals surface area (Å²) in [6.07, 6.45) is 9.88. The summed E-state index contributed by atoms with van der Waals surface area (Å²) in [4.78, 5) is 12.0. The Morgan fingerprint density at radius 3 is 2.32 bits per heavy atom. The Hall–Kier alpha value is -0.640. The molecule has 2 rings (SSSR count). The average Bonchev–Trinajstić information content (AvgIpc) is 2.54. The highest BCUT2D eigenvalue weighted by atomic mass is 19.1. The molecule has 0 bridgehead atoms. The van der Waals surface area contributed by atoms with Gasteiger partial charge in [0.05, 0.1) is 19.2 Å². The smallest absolute Gasteiger partial charge is 0.311 e. The first kappa shape index (κ1) is 17.7. The summed E-state index contributed by atoms with van der Waals surface area (Å²) in [6.45, 7) is 2.53. The molecule has 2 unspecified atom stereocenters. The molecule has 1 aliphatic heterocycles. The number of cyclic esters (lactones) is 1. The number of hydrogen-bond acceptors (Lipinski definition) is 3. The molecule has 2 aliphatic rings. The Morgan fingerprint density at radius 1 is 1.05 bits per heavy atom. The number of ether oxygens (including phenoxy) is 2. The second-order valence-electron chi connectivity index (χ2n) is 6.95. The summed E-state index contributed by atoms with van der Waals surface area (Å²) >= 11 is 0. The molecule has 0 radical (unpaired) electrons. The Labute approximate surface area is 133 Å². The summed E-state index contributed by atoms with van der Waals surface area (Å²) in [6, 6.07) is 0. The van der Waals surface area contributed by atoms with Crippen molar-refractivity contribution in [2.24, 2.45) is 17.8 Å². The van der Waals surface area contributed by atoms with Crippen molar-refractivity contribution < 1.29 is 18.7 Å². The molecule has 0 aromatic heterocycles. The number of alkyl halides is 1. The monoisotopic (exact) mass is 314 g/mol. The molecule has 4 heteroatoms. The van der Waals surface area contributed by atoms with Crippen LogP contribution in [-0.4, -0.2) is 25.5 Å². The molecule has 0 N–H and O–H groups in total. The topological polar surface area (TPSA) is 35.5 Å². The third-order valence-corrected chi connectivity index (χ3v) is 5.25. The van der Waals surface area contributed by atoms with E-state index in [0.717, 1.165) is 57.3 Å². The second kappa shape index (κ2) is 9.49.